The maximum atomic E-state index is 12.3. The van der Waals surface area contributed by atoms with Crippen LogP contribution in [0.4, 0.5) is 5.69 Å². The van der Waals surface area contributed by atoms with Crippen molar-refractivity contribution in [2.75, 3.05) is 6.54 Å². The zero-order valence-electron chi connectivity index (χ0n) is 12.9. The Morgan fingerprint density at radius 2 is 1.78 bits per heavy atom. The van der Waals surface area contributed by atoms with Crippen LogP contribution in [0.15, 0.2) is 60.7 Å². The fraction of sp³-hybridized carbons (Fsp3) is 0.167. The second-order valence-corrected chi connectivity index (χ2v) is 5.02. The highest BCUT2D eigenvalue weighted by Gasteiger charge is 2.09. The first-order valence-corrected chi connectivity index (χ1v) is 7.35. The van der Waals surface area contributed by atoms with E-state index in [1.165, 1.54) is 18.2 Å². The monoisotopic (exact) mass is 310 g/mol. The number of non-ortho nitro benzene ring substituents is 1. The molecule has 0 saturated heterocycles. The Kier molecular flexibility index (Phi) is 5.63. The molecule has 0 atom stereocenters. The smallest absolute Gasteiger partial charge is 0.269 e. The van der Waals surface area contributed by atoms with Crippen molar-refractivity contribution < 1.29 is 9.72 Å². The van der Waals surface area contributed by atoms with Gasteiger partial charge in [-0.15, -0.1) is 0 Å². The summed E-state index contributed by atoms with van der Waals surface area (Å²) in [7, 11) is 0. The van der Waals surface area contributed by atoms with E-state index >= 15 is 0 Å². The molecule has 2 aromatic carbocycles. The highest BCUT2D eigenvalue weighted by molar-refractivity contribution is 5.91. The number of hydrogen-bond donors (Lipinski definition) is 0. The van der Waals surface area contributed by atoms with Crippen LogP contribution in [0.2, 0.25) is 0 Å². The number of nitro benzene ring substituents is 1. The van der Waals surface area contributed by atoms with Crippen molar-refractivity contribution in [1.82, 2.24) is 4.90 Å². The predicted molar refractivity (Wildman–Crippen MR) is 89.7 cm³/mol. The van der Waals surface area contributed by atoms with Crippen molar-refractivity contribution in [2.24, 2.45) is 0 Å². The molecule has 0 bridgehead atoms. The average Bonchev–Trinajstić information content (AvgIpc) is 2.58. The van der Waals surface area contributed by atoms with Gasteiger partial charge in [-0.05, 0) is 36.3 Å². The third-order valence-corrected chi connectivity index (χ3v) is 3.43. The van der Waals surface area contributed by atoms with Crippen LogP contribution in [0.1, 0.15) is 18.1 Å². The highest BCUT2D eigenvalue weighted by Crippen LogP contribution is 2.13. The SMILES string of the molecule is CCN(Cc1ccccc1)C(=O)C=Cc1ccc([N+](=O)[O-])cc1. The molecule has 2 aromatic rings. The van der Waals surface area contributed by atoms with Crippen molar-refractivity contribution in [3.8, 4) is 0 Å². The number of nitrogens with zero attached hydrogens (tertiary/aromatic N) is 2. The third-order valence-electron chi connectivity index (χ3n) is 3.43. The summed E-state index contributed by atoms with van der Waals surface area (Å²) < 4.78 is 0. The van der Waals surface area contributed by atoms with E-state index in [0.29, 0.717) is 13.1 Å². The van der Waals surface area contributed by atoms with Gasteiger partial charge in [-0.3, -0.25) is 14.9 Å². The van der Waals surface area contributed by atoms with Gasteiger partial charge in [0, 0.05) is 31.3 Å². The van der Waals surface area contributed by atoms with Crippen LogP contribution in [-0.4, -0.2) is 22.3 Å². The first-order chi connectivity index (χ1) is 11.1. The Bertz CT molecular complexity index is 694. The van der Waals surface area contributed by atoms with Crippen LogP contribution in [-0.2, 0) is 11.3 Å². The summed E-state index contributed by atoms with van der Waals surface area (Å²) in [5, 5.41) is 10.6. The standard InChI is InChI=1S/C18H18N2O3/c1-2-19(14-16-6-4-3-5-7-16)18(21)13-10-15-8-11-17(12-9-15)20(22)23/h3-13H,2,14H2,1H3. The number of carbonyl (C=O) groups excluding carboxylic acids is 1. The van der Waals surface area contributed by atoms with Crippen molar-refractivity contribution in [2.45, 2.75) is 13.5 Å². The van der Waals surface area contributed by atoms with Crippen molar-refractivity contribution in [3.63, 3.8) is 0 Å². The van der Waals surface area contributed by atoms with Gasteiger partial charge in [-0.2, -0.15) is 0 Å². The van der Waals surface area contributed by atoms with Crippen molar-refractivity contribution in [3.05, 3.63) is 81.9 Å². The normalized spacial score (nSPS) is 10.7. The van der Waals surface area contributed by atoms with Gasteiger partial charge in [0.2, 0.25) is 5.91 Å². The molecule has 0 N–H and O–H groups in total. The summed E-state index contributed by atoms with van der Waals surface area (Å²) in [4.78, 5) is 24.2. The molecule has 0 aromatic heterocycles. The average molecular weight is 310 g/mol. The summed E-state index contributed by atoms with van der Waals surface area (Å²) in [6.45, 7) is 3.10. The molecule has 0 saturated carbocycles. The maximum absolute atomic E-state index is 12.3. The fourth-order valence-corrected chi connectivity index (χ4v) is 2.13. The van der Waals surface area contributed by atoms with Gasteiger partial charge >= 0.3 is 0 Å². The van der Waals surface area contributed by atoms with Crippen LogP contribution in [0.3, 0.4) is 0 Å². The molecule has 0 unspecified atom stereocenters. The van der Waals surface area contributed by atoms with Gasteiger partial charge in [0.05, 0.1) is 4.92 Å². The minimum Gasteiger partial charge on any atom is -0.335 e. The molecule has 0 radical (unpaired) electrons. The number of amides is 1. The Labute approximate surface area is 135 Å². The summed E-state index contributed by atoms with van der Waals surface area (Å²) in [6, 6.07) is 15.9. The fourth-order valence-electron chi connectivity index (χ4n) is 2.13. The minimum absolute atomic E-state index is 0.0349. The number of hydrogen-bond acceptors (Lipinski definition) is 3. The molecular weight excluding hydrogens is 292 g/mol. The number of rotatable bonds is 6. The van der Waals surface area contributed by atoms with E-state index in [4.69, 9.17) is 0 Å². The second kappa shape index (κ2) is 7.89. The largest absolute Gasteiger partial charge is 0.335 e. The first-order valence-electron chi connectivity index (χ1n) is 7.35. The zero-order chi connectivity index (χ0) is 16.7. The Balaban J connectivity index is 2.02. The Morgan fingerprint density at radius 3 is 2.35 bits per heavy atom. The molecule has 1 amide bonds. The van der Waals surface area contributed by atoms with E-state index in [1.54, 1.807) is 23.1 Å². The quantitative estimate of drug-likeness (QED) is 0.465. The van der Waals surface area contributed by atoms with Gasteiger partial charge in [0.15, 0.2) is 0 Å². The molecule has 0 heterocycles. The molecule has 0 aliphatic heterocycles. The molecule has 23 heavy (non-hydrogen) atoms. The predicted octanol–water partition coefficient (Wildman–Crippen LogP) is 3.66. The lowest BCUT2D eigenvalue weighted by Crippen LogP contribution is -2.28. The van der Waals surface area contributed by atoms with Crippen LogP contribution in [0.5, 0.6) is 0 Å². The van der Waals surface area contributed by atoms with Gasteiger partial charge in [0.1, 0.15) is 0 Å². The van der Waals surface area contributed by atoms with E-state index in [9.17, 15) is 14.9 Å². The molecule has 0 spiro atoms. The Morgan fingerprint density at radius 1 is 1.13 bits per heavy atom. The van der Waals surface area contributed by atoms with Gasteiger partial charge < -0.3 is 4.90 Å². The van der Waals surface area contributed by atoms with Crippen LogP contribution in [0, 0.1) is 10.1 Å². The lowest BCUT2D eigenvalue weighted by Gasteiger charge is -2.19. The van der Waals surface area contributed by atoms with Gasteiger partial charge in [0.25, 0.3) is 5.69 Å². The van der Waals surface area contributed by atoms with Crippen LogP contribution in [0.25, 0.3) is 6.08 Å². The molecule has 5 nitrogen and oxygen atoms in total. The minimum atomic E-state index is -0.447. The molecule has 2 rings (SSSR count). The van der Waals surface area contributed by atoms with Crippen molar-refractivity contribution >= 4 is 17.7 Å². The summed E-state index contributed by atoms with van der Waals surface area (Å²) in [6.07, 6.45) is 3.16. The molecule has 0 fully saturated rings. The van der Waals surface area contributed by atoms with E-state index in [0.717, 1.165) is 11.1 Å². The second-order valence-electron chi connectivity index (χ2n) is 5.02. The summed E-state index contributed by atoms with van der Waals surface area (Å²) in [5.74, 6) is -0.0882. The number of nitro groups is 1. The molecule has 118 valence electrons. The molecule has 0 aliphatic carbocycles. The topological polar surface area (TPSA) is 63.5 Å². The lowest BCUT2D eigenvalue weighted by molar-refractivity contribution is -0.384. The van der Waals surface area contributed by atoms with Gasteiger partial charge in [-0.1, -0.05) is 30.3 Å². The highest BCUT2D eigenvalue weighted by atomic mass is 16.6. The Hall–Kier alpha value is -2.95. The molecule has 0 aliphatic rings. The van der Waals surface area contributed by atoms with E-state index < -0.39 is 4.92 Å². The first kappa shape index (κ1) is 16.4. The molecular formula is C18H18N2O3. The number of benzene rings is 2. The maximum Gasteiger partial charge on any atom is 0.269 e. The van der Waals surface area contributed by atoms with E-state index in [-0.39, 0.29) is 11.6 Å². The number of carbonyl (C=O) groups is 1. The van der Waals surface area contributed by atoms with Crippen molar-refractivity contribution in [1.29, 1.82) is 0 Å². The van der Waals surface area contributed by atoms with E-state index in [1.807, 2.05) is 37.3 Å². The van der Waals surface area contributed by atoms with Crippen LogP contribution < -0.4 is 0 Å². The van der Waals surface area contributed by atoms with E-state index in [2.05, 4.69) is 0 Å². The lowest BCUT2D eigenvalue weighted by atomic mass is 10.2. The van der Waals surface area contributed by atoms with Gasteiger partial charge in [-0.25, -0.2) is 0 Å². The summed E-state index contributed by atoms with van der Waals surface area (Å²) >= 11 is 0. The molecule has 5 heteroatoms. The van der Waals surface area contributed by atoms with Crippen LogP contribution >= 0.6 is 0 Å². The summed E-state index contributed by atoms with van der Waals surface area (Å²) in [5.41, 5.74) is 1.86. The third kappa shape index (κ3) is 4.78. The number of likely N-dealkylation sites (N-methyl/N-ethyl adjacent to an activating group) is 1. The zero-order valence-corrected chi connectivity index (χ0v) is 12.9.